The summed E-state index contributed by atoms with van der Waals surface area (Å²) in [5.74, 6) is 0. The molecule has 13 heavy (non-hydrogen) atoms. The Morgan fingerprint density at radius 2 is 0.923 bits per heavy atom. The van der Waals surface area contributed by atoms with Crippen molar-refractivity contribution in [2.45, 2.75) is 61.8 Å². The van der Waals surface area contributed by atoms with Crippen LogP contribution in [0, 0.1) is 21.7 Å². The third-order valence-electron chi connectivity index (χ3n) is 5.11. The molecule has 78 valence electrons. The van der Waals surface area contributed by atoms with Crippen LogP contribution in [0.3, 0.4) is 0 Å². The van der Waals surface area contributed by atoms with E-state index in [-0.39, 0.29) is 0 Å². The van der Waals surface area contributed by atoms with Crippen molar-refractivity contribution in [3.63, 3.8) is 0 Å². The summed E-state index contributed by atoms with van der Waals surface area (Å²) in [6, 6.07) is 0. The maximum absolute atomic E-state index is 2.46. The Bertz CT molecular complexity index is 189. The maximum atomic E-state index is 2.46. The molecule has 1 rings (SSSR count). The highest BCUT2D eigenvalue weighted by molar-refractivity contribution is 5.18. The van der Waals surface area contributed by atoms with Gasteiger partial charge in [-0.25, -0.2) is 0 Å². The van der Waals surface area contributed by atoms with Gasteiger partial charge in [0.1, 0.15) is 0 Å². The molecule has 0 heterocycles. The van der Waals surface area contributed by atoms with E-state index in [9.17, 15) is 0 Å². The second-order valence-electron chi connectivity index (χ2n) is 7.34. The molecule has 0 heteroatoms. The molecule has 1 saturated carbocycles. The molecule has 0 spiro atoms. The van der Waals surface area contributed by atoms with E-state index in [1.807, 2.05) is 0 Å². The fraction of sp³-hybridized carbons (Fsp3) is 1.00. The van der Waals surface area contributed by atoms with E-state index in [0.717, 1.165) is 0 Å². The van der Waals surface area contributed by atoms with Crippen LogP contribution in [0.2, 0.25) is 0 Å². The lowest BCUT2D eigenvalue weighted by Gasteiger charge is -2.39. The Morgan fingerprint density at radius 3 is 1.00 bits per heavy atom. The first-order chi connectivity index (χ1) is 5.46. The number of rotatable bonds is 0. The van der Waals surface area contributed by atoms with Crippen molar-refractivity contribution < 1.29 is 0 Å². The molecule has 0 aromatic heterocycles. The topological polar surface area (TPSA) is 0 Å². The average Bonchev–Trinajstić information content (AvgIpc) is 2.34. The van der Waals surface area contributed by atoms with Gasteiger partial charge in [-0.1, -0.05) is 55.4 Å². The van der Waals surface area contributed by atoms with Gasteiger partial charge in [0.15, 0.2) is 0 Å². The largest absolute Gasteiger partial charge is 0.0596 e. The monoisotopic (exact) mass is 182 g/mol. The minimum atomic E-state index is 0.440. The lowest BCUT2D eigenvalue weighted by molar-refractivity contribution is 0.0992. The maximum Gasteiger partial charge on any atom is -0.0213 e. The molecule has 2 atom stereocenters. The Labute approximate surface area is 84.1 Å². The fourth-order valence-corrected chi connectivity index (χ4v) is 2.85. The first kappa shape index (κ1) is 11.1. The van der Waals surface area contributed by atoms with Crippen LogP contribution in [0.5, 0.6) is 0 Å². The van der Waals surface area contributed by atoms with Crippen LogP contribution in [0.15, 0.2) is 0 Å². The first-order valence-corrected chi connectivity index (χ1v) is 5.46. The highest BCUT2D eigenvalue weighted by Crippen LogP contribution is 2.77. The van der Waals surface area contributed by atoms with E-state index in [0.29, 0.717) is 21.7 Å². The van der Waals surface area contributed by atoms with Crippen molar-refractivity contribution >= 4 is 0 Å². The van der Waals surface area contributed by atoms with E-state index in [1.165, 1.54) is 6.42 Å². The molecule has 0 bridgehead atoms. The van der Waals surface area contributed by atoms with Crippen LogP contribution >= 0.6 is 0 Å². The Balaban J connectivity index is 2.95. The normalized spacial score (nSPS) is 40.6. The van der Waals surface area contributed by atoms with E-state index >= 15 is 0 Å². The molecule has 0 amide bonds. The van der Waals surface area contributed by atoms with Crippen LogP contribution in [0.4, 0.5) is 0 Å². The van der Waals surface area contributed by atoms with E-state index in [1.54, 1.807) is 0 Å². The van der Waals surface area contributed by atoms with Crippen molar-refractivity contribution in [3.8, 4) is 0 Å². The molecule has 1 aliphatic rings. The van der Waals surface area contributed by atoms with E-state index < -0.39 is 0 Å². The summed E-state index contributed by atoms with van der Waals surface area (Å²) in [4.78, 5) is 0. The molecular formula is C13H26. The van der Waals surface area contributed by atoms with Crippen LogP contribution in [0.25, 0.3) is 0 Å². The van der Waals surface area contributed by atoms with Gasteiger partial charge < -0.3 is 0 Å². The summed E-state index contributed by atoms with van der Waals surface area (Å²) in [6.45, 7) is 19.2. The van der Waals surface area contributed by atoms with Crippen molar-refractivity contribution in [3.05, 3.63) is 0 Å². The van der Waals surface area contributed by atoms with Gasteiger partial charge in [-0.3, -0.25) is 0 Å². The molecule has 0 aromatic rings. The summed E-state index contributed by atoms with van der Waals surface area (Å²) in [7, 11) is 0. The zero-order valence-electron chi connectivity index (χ0n) is 10.7. The summed E-state index contributed by atoms with van der Waals surface area (Å²) >= 11 is 0. The highest BCUT2D eigenvalue weighted by Gasteiger charge is 2.69. The van der Waals surface area contributed by atoms with Crippen LogP contribution < -0.4 is 0 Å². The van der Waals surface area contributed by atoms with Gasteiger partial charge in [-0.15, -0.1) is 0 Å². The van der Waals surface area contributed by atoms with Gasteiger partial charge in [0.2, 0.25) is 0 Å². The molecule has 1 fully saturated rings. The van der Waals surface area contributed by atoms with Crippen LogP contribution in [-0.4, -0.2) is 0 Å². The smallest absolute Gasteiger partial charge is 0.0213 e. The molecule has 0 radical (unpaired) electrons. The lowest BCUT2D eigenvalue weighted by Crippen LogP contribution is -2.32. The average molecular weight is 182 g/mol. The van der Waals surface area contributed by atoms with Gasteiger partial charge in [0, 0.05) is 0 Å². The molecular weight excluding hydrogens is 156 g/mol. The highest BCUT2D eigenvalue weighted by atomic mass is 14.7. The second kappa shape index (κ2) is 2.32. The SMILES string of the molecule is CC(C)(C)[C@]1(C)C[C@]1(C)C(C)(C)C. The minimum Gasteiger partial charge on any atom is -0.0596 e. The third-order valence-corrected chi connectivity index (χ3v) is 5.11. The number of hydrogen-bond acceptors (Lipinski definition) is 0. The second-order valence-corrected chi connectivity index (χ2v) is 7.34. The van der Waals surface area contributed by atoms with Gasteiger partial charge in [0.05, 0.1) is 0 Å². The van der Waals surface area contributed by atoms with Crippen molar-refractivity contribution in [1.29, 1.82) is 0 Å². The van der Waals surface area contributed by atoms with Crippen LogP contribution in [0.1, 0.15) is 61.8 Å². The standard InChI is InChI=1S/C13H26/c1-10(2,3)12(7)9-13(12,8)11(4,5)6/h9H2,1-8H3/t12-,13+. The van der Waals surface area contributed by atoms with E-state index in [4.69, 9.17) is 0 Å². The molecule has 0 nitrogen and oxygen atoms in total. The van der Waals surface area contributed by atoms with Gasteiger partial charge >= 0.3 is 0 Å². The first-order valence-electron chi connectivity index (χ1n) is 5.46. The zero-order valence-corrected chi connectivity index (χ0v) is 10.7. The molecule has 0 unspecified atom stereocenters. The van der Waals surface area contributed by atoms with Gasteiger partial charge in [0.25, 0.3) is 0 Å². The summed E-state index contributed by atoms with van der Waals surface area (Å²) in [5.41, 5.74) is 1.93. The summed E-state index contributed by atoms with van der Waals surface area (Å²) in [6.07, 6.45) is 1.38. The predicted molar refractivity (Wildman–Crippen MR) is 59.7 cm³/mol. The minimum absolute atomic E-state index is 0.440. The molecule has 0 N–H and O–H groups in total. The van der Waals surface area contributed by atoms with Crippen LogP contribution in [-0.2, 0) is 0 Å². The molecule has 0 aromatic carbocycles. The lowest BCUT2D eigenvalue weighted by atomic mass is 9.66. The molecule has 0 aliphatic heterocycles. The quantitative estimate of drug-likeness (QED) is 0.517. The molecule has 0 saturated heterocycles. The Hall–Kier alpha value is 0. The van der Waals surface area contributed by atoms with E-state index in [2.05, 4.69) is 55.4 Å². The van der Waals surface area contributed by atoms with Gasteiger partial charge in [-0.05, 0) is 28.1 Å². The molecule has 1 aliphatic carbocycles. The Morgan fingerprint density at radius 1 is 0.692 bits per heavy atom. The Kier molecular flexibility index (Phi) is 1.98. The predicted octanol–water partition coefficient (Wildman–Crippen LogP) is 4.49. The zero-order chi connectivity index (χ0) is 10.7. The van der Waals surface area contributed by atoms with Crippen molar-refractivity contribution in [2.75, 3.05) is 0 Å². The summed E-state index contributed by atoms with van der Waals surface area (Å²) < 4.78 is 0. The van der Waals surface area contributed by atoms with Crippen molar-refractivity contribution in [1.82, 2.24) is 0 Å². The fourth-order valence-electron chi connectivity index (χ4n) is 2.85. The number of hydrogen-bond donors (Lipinski definition) is 0. The summed E-state index contributed by atoms with van der Waals surface area (Å²) in [5, 5.41) is 0. The van der Waals surface area contributed by atoms with Gasteiger partial charge in [-0.2, -0.15) is 0 Å². The van der Waals surface area contributed by atoms with Crippen molar-refractivity contribution in [2.24, 2.45) is 21.7 Å². The third kappa shape index (κ3) is 1.25.